The van der Waals surface area contributed by atoms with Crippen LogP contribution in [0.3, 0.4) is 0 Å². The second-order valence-electron chi connectivity index (χ2n) is 4.96. The number of methoxy groups -OCH3 is 1. The monoisotopic (exact) mass is 325 g/mol. The van der Waals surface area contributed by atoms with Crippen LogP contribution in [0.5, 0.6) is 0 Å². The lowest BCUT2D eigenvalue weighted by Gasteiger charge is -1.99. The van der Waals surface area contributed by atoms with Crippen LogP contribution in [-0.4, -0.2) is 24.9 Å². The number of benzene rings is 2. The molecule has 3 rings (SSSR count). The van der Waals surface area contributed by atoms with Crippen LogP contribution >= 0.6 is 0 Å². The summed E-state index contributed by atoms with van der Waals surface area (Å²) in [5, 5.41) is 0. The highest BCUT2D eigenvalue weighted by Crippen LogP contribution is 2.19. The molecular formula is C18H12FNO4. The van der Waals surface area contributed by atoms with Gasteiger partial charge in [-0.2, -0.15) is 0 Å². The fourth-order valence-electron chi connectivity index (χ4n) is 2.12. The zero-order chi connectivity index (χ0) is 17.1. The predicted molar refractivity (Wildman–Crippen MR) is 84.8 cm³/mol. The summed E-state index contributed by atoms with van der Waals surface area (Å²) in [6.45, 7) is 0. The van der Waals surface area contributed by atoms with Gasteiger partial charge in [0.25, 0.3) is 0 Å². The number of carbonyl (C=O) groups excluding carboxylic acids is 2. The molecule has 5 nitrogen and oxygen atoms in total. The van der Waals surface area contributed by atoms with Crippen molar-refractivity contribution in [3.63, 3.8) is 0 Å². The molecule has 0 aliphatic carbocycles. The SMILES string of the molecule is COC(=O)c1ccc(/C=C2\N=C(c3ccc(F)cc3)OC2=O)cc1. The van der Waals surface area contributed by atoms with Gasteiger partial charge in [0.2, 0.25) is 5.90 Å². The summed E-state index contributed by atoms with van der Waals surface area (Å²) < 4.78 is 22.7. The maximum Gasteiger partial charge on any atom is 0.363 e. The maximum atomic E-state index is 12.9. The van der Waals surface area contributed by atoms with E-state index in [4.69, 9.17) is 4.74 Å². The summed E-state index contributed by atoms with van der Waals surface area (Å²) in [5.74, 6) is -1.29. The molecule has 1 aliphatic heterocycles. The number of esters is 2. The number of carbonyl (C=O) groups is 2. The van der Waals surface area contributed by atoms with Crippen molar-refractivity contribution < 1.29 is 23.5 Å². The van der Waals surface area contributed by atoms with Crippen LogP contribution in [0, 0.1) is 5.82 Å². The van der Waals surface area contributed by atoms with E-state index in [-0.39, 0.29) is 17.4 Å². The normalized spacial score (nSPS) is 15.2. The van der Waals surface area contributed by atoms with Crippen molar-refractivity contribution in [1.82, 2.24) is 0 Å². The number of ether oxygens (including phenoxy) is 2. The third kappa shape index (κ3) is 3.22. The largest absolute Gasteiger partial charge is 0.465 e. The molecule has 2 aromatic carbocycles. The van der Waals surface area contributed by atoms with E-state index in [2.05, 4.69) is 9.73 Å². The Bertz CT molecular complexity index is 852. The van der Waals surface area contributed by atoms with Gasteiger partial charge >= 0.3 is 11.9 Å². The molecule has 120 valence electrons. The second-order valence-corrected chi connectivity index (χ2v) is 4.96. The van der Waals surface area contributed by atoms with Gasteiger partial charge in [0.1, 0.15) is 5.82 Å². The third-order valence-corrected chi connectivity index (χ3v) is 3.35. The van der Waals surface area contributed by atoms with E-state index in [0.717, 1.165) is 0 Å². The van der Waals surface area contributed by atoms with Crippen LogP contribution in [0.25, 0.3) is 6.08 Å². The van der Waals surface area contributed by atoms with Crippen molar-refractivity contribution >= 4 is 23.9 Å². The van der Waals surface area contributed by atoms with Crippen molar-refractivity contribution in [2.45, 2.75) is 0 Å². The molecular weight excluding hydrogens is 313 g/mol. The van der Waals surface area contributed by atoms with Gasteiger partial charge in [-0.05, 0) is 48.0 Å². The minimum atomic E-state index is -0.591. The van der Waals surface area contributed by atoms with E-state index in [0.29, 0.717) is 16.7 Å². The number of aliphatic imine (C=N–C) groups is 1. The van der Waals surface area contributed by atoms with E-state index >= 15 is 0 Å². The molecule has 0 saturated heterocycles. The average Bonchev–Trinajstić information content (AvgIpc) is 2.96. The Hall–Kier alpha value is -3.28. The third-order valence-electron chi connectivity index (χ3n) is 3.35. The number of hydrogen-bond donors (Lipinski definition) is 0. The first-order chi connectivity index (χ1) is 11.6. The predicted octanol–water partition coefficient (Wildman–Crippen LogP) is 2.96. The smallest absolute Gasteiger partial charge is 0.363 e. The Morgan fingerprint density at radius 3 is 2.42 bits per heavy atom. The second kappa shape index (κ2) is 6.45. The minimum absolute atomic E-state index is 0.123. The molecule has 0 N–H and O–H groups in total. The summed E-state index contributed by atoms with van der Waals surface area (Å²) in [6, 6.07) is 12.0. The summed E-state index contributed by atoms with van der Waals surface area (Å²) in [4.78, 5) is 27.4. The number of cyclic esters (lactones) is 1. The van der Waals surface area contributed by atoms with Crippen LogP contribution in [0.1, 0.15) is 21.5 Å². The highest BCUT2D eigenvalue weighted by molar-refractivity contribution is 6.12. The van der Waals surface area contributed by atoms with E-state index in [1.807, 2.05) is 0 Å². The molecule has 2 aromatic rings. The molecule has 0 saturated carbocycles. The van der Waals surface area contributed by atoms with Gasteiger partial charge in [0.05, 0.1) is 12.7 Å². The van der Waals surface area contributed by atoms with Crippen LogP contribution in [0.4, 0.5) is 4.39 Å². The molecule has 0 radical (unpaired) electrons. The van der Waals surface area contributed by atoms with Crippen LogP contribution < -0.4 is 0 Å². The Balaban J connectivity index is 1.85. The zero-order valence-corrected chi connectivity index (χ0v) is 12.7. The molecule has 0 unspecified atom stereocenters. The first-order valence-corrected chi connectivity index (χ1v) is 7.04. The van der Waals surface area contributed by atoms with E-state index in [1.54, 1.807) is 30.3 Å². The molecule has 0 aromatic heterocycles. The van der Waals surface area contributed by atoms with Crippen molar-refractivity contribution in [2.75, 3.05) is 7.11 Å². The Morgan fingerprint density at radius 1 is 1.12 bits per heavy atom. The average molecular weight is 325 g/mol. The van der Waals surface area contributed by atoms with Crippen molar-refractivity contribution in [3.8, 4) is 0 Å². The van der Waals surface area contributed by atoms with Crippen LogP contribution in [0.15, 0.2) is 59.2 Å². The lowest BCUT2D eigenvalue weighted by molar-refractivity contribution is -0.129. The fourth-order valence-corrected chi connectivity index (χ4v) is 2.12. The number of hydrogen-bond acceptors (Lipinski definition) is 5. The Labute approximate surface area is 137 Å². The van der Waals surface area contributed by atoms with Gasteiger partial charge in [-0.15, -0.1) is 0 Å². The molecule has 1 heterocycles. The van der Waals surface area contributed by atoms with Gasteiger partial charge in [0.15, 0.2) is 5.70 Å². The first kappa shape index (κ1) is 15.6. The summed E-state index contributed by atoms with van der Waals surface area (Å²) >= 11 is 0. The summed E-state index contributed by atoms with van der Waals surface area (Å²) in [5.41, 5.74) is 1.72. The van der Waals surface area contributed by atoms with Gasteiger partial charge in [-0.1, -0.05) is 12.1 Å². The van der Waals surface area contributed by atoms with Crippen LogP contribution in [0.2, 0.25) is 0 Å². The highest BCUT2D eigenvalue weighted by Gasteiger charge is 2.24. The molecule has 0 amide bonds. The first-order valence-electron chi connectivity index (χ1n) is 7.04. The Kier molecular flexibility index (Phi) is 4.20. The van der Waals surface area contributed by atoms with Crippen molar-refractivity contribution in [3.05, 3.63) is 76.7 Å². The van der Waals surface area contributed by atoms with E-state index in [9.17, 15) is 14.0 Å². The molecule has 0 bridgehead atoms. The lowest BCUT2D eigenvalue weighted by Crippen LogP contribution is -2.05. The minimum Gasteiger partial charge on any atom is -0.465 e. The van der Waals surface area contributed by atoms with Gasteiger partial charge in [0, 0.05) is 5.56 Å². The van der Waals surface area contributed by atoms with E-state index < -0.39 is 11.9 Å². The molecule has 24 heavy (non-hydrogen) atoms. The van der Waals surface area contributed by atoms with Gasteiger partial charge < -0.3 is 9.47 Å². The van der Waals surface area contributed by atoms with Gasteiger partial charge in [-0.3, -0.25) is 0 Å². The highest BCUT2D eigenvalue weighted by atomic mass is 19.1. The zero-order valence-electron chi connectivity index (χ0n) is 12.7. The fraction of sp³-hybridized carbons (Fsp3) is 0.0556. The van der Waals surface area contributed by atoms with Crippen LogP contribution in [-0.2, 0) is 14.3 Å². The quantitative estimate of drug-likeness (QED) is 0.643. The standard InChI is InChI=1S/C18H12FNO4/c1-23-17(21)13-4-2-11(3-5-13)10-15-18(22)24-16(20-15)12-6-8-14(19)9-7-12/h2-10H,1H3/b15-10-. The molecule has 1 aliphatic rings. The molecule has 6 heteroatoms. The number of halogens is 1. The number of rotatable bonds is 3. The molecule has 0 spiro atoms. The van der Waals surface area contributed by atoms with Gasteiger partial charge in [-0.25, -0.2) is 19.0 Å². The van der Waals surface area contributed by atoms with E-state index in [1.165, 1.54) is 31.4 Å². The number of nitrogens with zero attached hydrogens (tertiary/aromatic N) is 1. The summed E-state index contributed by atoms with van der Waals surface area (Å²) in [6.07, 6.45) is 1.54. The van der Waals surface area contributed by atoms with Crippen molar-refractivity contribution in [2.24, 2.45) is 4.99 Å². The molecule has 0 atom stereocenters. The Morgan fingerprint density at radius 2 is 1.79 bits per heavy atom. The van der Waals surface area contributed by atoms with Crippen molar-refractivity contribution in [1.29, 1.82) is 0 Å². The topological polar surface area (TPSA) is 65.0 Å². The summed E-state index contributed by atoms with van der Waals surface area (Å²) in [7, 11) is 1.30. The lowest BCUT2D eigenvalue weighted by atomic mass is 10.1. The molecule has 0 fully saturated rings. The maximum absolute atomic E-state index is 12.9.